The van der Waals surface area contributed by atoms with Crippen LogP contribution in [-0.4, -0.2) is 41.6 Å². The Hall–Kier alpha value is -2.34. The van der Waals surface area contributed by atoms with Gasteiger partial charge in [-0.15, -0.1) is 0 Å². The summed E-state index contributed by atoms with van der Waals surface area (Å²) in [6.07, 6.45) is 6.86. The predicted molar refractivity (Wildman–Crippen MR) is 90.1 cm³/mol. The number of rotatable bonds is 8. The van der Waals surface area contributed by atoms with Gasteiger partial charge in [-0.05, 0) is 49.6 Å². The molecular weight excluding hydrogens is 306 g/mol. The first-order valence-corrected chi connectivity index (χ1v) is 8.41. The van der Waals surface area contributed by atoms with E-state index < -0.39 is 0 Å². The van der Waals surface area contributed by atoms with Gasteiger partial charge in [0.1, 0.15) is 12.4 Å². The third kappa shape index (κ3) is 4.83. The topological polar surface area (TPSA) is 65.4 Å². The van der Waals surface area contributed by atoms with E-state index in [1.807, 2.05) is 29.1 Å². The number of amides is 1. The van der Waals surface area contributed by atoms with E-state index in [1.54, 1.807) is 18.3 Å². The monoisotopic (exact) mass is 329 g/mol. The van der Waals surface area contributed by atoms with E-state index in [0.717, 1.165) is 38.2 Å². The number of nitrogens with one attached hydrogen (secondary N) is 1. The number of hydrogen-bond donors (Lipinski definition) is 1. The maximum absolute atomic E-state index is 12.1. The first-order valence-electron chi connectivity index (χ1n) is 8.41. The Morgan fingerprint density at radius 2 is 2.25 bits per heavy atom. The number of nitrogens with zero attached hydrogens (tertiary/aromatic N) is 2. The number of aromatic nitrogens is 2. The van der Waals surface area contributed by atoms with Crippen LogP contribution in [0.4, 0.5) is 0 Å². The summed E-state index contributed by atoms with van der Waals surface area (Å²) in [6.45, 7) is 2.81. The lowest BCUT2D eigenvalue weighted by atomic mass is 10.2. The van der Waals surface area contributed by atoms with Crippen LogP contribution in [0.25, 0.3) is 0 Å². The molecular formula is C18H23N3O3. The van der Waals surface area contributed by atoms with E-state index in [0.29, 0.717) is 18.7 Å². The van der Waals surface area contributed by atoms with Crippen molar-refractivity contribution >= 4 is 5.91 Å². The average Bonchev–Trinajstić information content (AvgIpc) is 3.31. The van der Waals surface area contributed by atoms with Gasteiger partial charge in [0, 0.05) is 37.7 Å². The quantitative estimate of drug-likeness (QED) is 0.755. The molecule has 3 rings (SSSR count). The van der Waals surface area contributed by atoms with Crippen molar-refractivity contribution in [3.8, 4) is 5.75 Å². The fraction of sp³-hybridized carbons (Fsp3) is 0.444. The Balaban J connectivity index is 1.38. The largest absolute Gasteiger partial charge is 0.491 e. The van der Waals surface area contributed by atoms with Crippen molar-refractivity contribution in [2.24, 2.45) is 0 Å². The molecule has 1 saturated heterocycles. The second-order valence-corrected chi connectivity index (χ2v) is 5.85. The van der Waals surface area contributed by atoms with Crippen molar-refractivity contribution in [2.75, 3.05) is 19.8 Å². The summed E-state index contributed by atoms with van der Waals surface area (Å²) in [4.78, 5) is 12.1. The van der Waals surface area contributed by atoms with Crippen LogP contribution >= 0.6 is 0 Å². The van der Waals surface area contributed by atoms with E-state index in [2.05, 4.69) is 10.4 Å². The van der Waals surface area contributed by atoms with Gasteiger partial charge < -0.3 is 14.8 Å². The summed E-state index contributed by atoms with van der Waals surface area (Å²) < 4.78 is 13.1. The Morgan fingerprint density at radius 1 is 1.38 bits per heavy atom. The summed E-state index contributed by atoms with van der Waals surface area (Å²) in [6, 6.07) is 9.11. The lowest BCUT2D eigenvalue weighted by molar-refractivity contribution is 0.0679. The van der Waals surface area contributed by atoms with Gasteiger partial charge in [0.05, 0.1) is 6.10 Å². The minimum Gasteiger partial charge on any atom is -0.491 e. The molecule has 1 N–H and O–H groups in total. The number of ether oxygens (including phenoxy) is 2. The second kappa shape index (κ2) is 8.49. The fourth-order valence-electron chi connectivity index (χ4n) is 2.65. The van der Waals surface area contributed by atoms with E-state index >= 15 is 0 Å². The first-order chi connectivity index (χ1) is 11.8. The molecule has 0 bridgehead atoms. The molecule has 128 valence electrons. The predicted octanol–water partition coefficient (Wildman–Crippen LogP) is 2.26. The molecule has 0 aliphatic carbocycles. The van der Waals surface area contributed by atoms with Crippen molar-refractivity contribution in [2.45, 2.75) is 31.9 Å². The third-order valence-electron chi connectivity index (χ3n) is 3.99. The molecule has 0 spiro atoms. The van der Waals surface area contributed by atoms with Crippen LogP contribution in [0.2, 0.25) is 0 Å². The van der Waals surface area contributed by atoms with Crippen molar-refractivity contribution < 1.29 is 14.3 Å². The molecule has 1 aliphatic rings. The van der Waals surface area contributed by atoms with E-state index in [9.17, 15) is 4.79 Å². The molecule has 24 heavy (non-hydrogen) atoms. The third-order valence-corrected chi connectivity index (χ3v) is 3.99. The highest BCUT2D eigenvalue weighted by atomic mass is 16.5. The van der Waals surface area contributed by atoms with Gasteiger partial charge in [-0.3, -0.25) is 9.48 Å². The molecule has 1 aliphatic heterocycles. The molecule has 1 aromatic carbocycles. The SMILES string of the molecule is O=C(NCCCn1cccn1)c1ccc(OC[C@H]2CCCO2)cc1. The zero-order chi connectivity index (χ0) is 16.6. The van der Waals surface area contributed by atoms with Crippen LogP contribution in [0.5, 0.6) is 5.75 Å². The van der Waals surface area contributed by atoms with Crippen molar-refractivity contribution in [3.05, 3.63) is 48.3 Å². The standard InChI is InChI=1S/C18H23N3O3/c22-18(19-9-2-11-21-12-3-10-20-21)15-5-7-16(8-6-15)24-14-17-4-1-13-23-17/h3,5-8,10,12,17H,1-2,4,9,11,13-14H2,(H,19,22)/t17-/m1/s1. The van der Waals surface area contributed by atoms with E-state index in [4.69, 9.17) is 9.47 Å². The molecule has 1 aromatic heterocycles. The van der Waals surface area contributed by atoms with E-state index in [-0.39, 0.29) is 12.0 Å². The highest BCUT2D eigenvalue weighted by molar-refractivity contribution is 5.94. The van der Waals surface area contributed by atoms with Gasteiger partial charge >= 0.3 is 0 Å². The van der Waals surface area contributed by atoms with E-state index in [1.165, 1.54) is 0 Å². The molecule has 0 unspecified atom stereocenters. The first kappa shape index (κ1) is 16.5. The van der Waals surface area contributed by atoms with Gasteiger partial charge in [0.15, 0.2) is 0 Å². The Kier molecular flexibility index (Phi) is 5.85. The smallest absolute Gasteiger partial charge is 0.251 e. The molecule has 6 heteroatoms. The van der Waals surface area contributed by atoms with Crippen LogP contribution in [0.15, 0.2) is 42.7 Å². The van der Waals surface area contributed by atoms with Gasteiger partial charge in [-0.2, -0.15) is 5.10 Å². The highest BCUT2D eigenvalue weighted by Crippen LogP contribution is 2.16. The van der Waals surface area contributed by atoms with Crippen LogP contribution < -0.4 is 10.1 Å². The van der Waals surface area contributed by atoms with Crippen LogP contribution in [0, 0.1) is 0 Å². The summed E-state index contributed by atoms with van der Waals surface area (Å²) in [5.41, 5.74) is 0.638. The highest BCUT2D eigenvalue weighted by Gasteiger charge is 2.16. The zero-order valence-electron chi connectivity index (χ0n) is 13.7. The van der Waals surface area contributed by atoms with Gasteiger partial charge in [0.2, 0.25) is 0 Å². The normalized spacial score (nSPS) is 16.9. The molecule has 1 fully saturated rings. The number of benzene rings is 1. The second-order valence-electron chi connectivity index (χ2n) is 5.85. The van der Waals surface area contributed by atoms with Gasteiger partial charge in [-0.1, -0.05) is 0 Å². The summed E-state index contributed by atoms with van der Waals surface area (Å²) >= 11 is 0. The number of carbonyl (C=O) groups is 1. The summed E-state index contributed by atoms with van der Waals surface area (Å²) in [5.74, 6) is 0.696. The average molecular weight is 329 g/mol. The Morgan fingerprint density at radius 3 is 2.96 bits per heavy atom. The lowest BCUT2D eigenvalue weighted by Gasteiger charge is -2.11. The molecule has 6 nitrogen and oxygen atoms in total. The van der Waals surface area contributed by atoms with Gasteiger partial charge in [0.25, 0.3) is 5.91 Å². The maximum Gasteiger partial charge on any atom is 0.251 e. The molecule has 0 radical (unpaired) electrons. The Bertz CT molecular complexity index is 619. The van der Waals surface area contributed by atoms with Crippen molar-refractivity contribution in [1.29, 1.82) is 0 Å². The van der Waals surface area contributed by atoms with Crippen LogP contribution in [0.1, 0.15) is 29.6 Å². The molecule has 1 atom stereocenters. The van der Waals surface area contributed by atoms with Crippen molar-refractivity contribution in [1.82, 2.24) is 15.1 Å². The molecule has 1 amide bonds. The fourth-order valence-corrected chi connectivity index (χ4v) is 2.65. The number of carbonyl (C=O) groups excluding carboxylic acids is 1. The number of aryl methyl sites for hydroxylation is 1. The van der Waals surface area contributed by atoms with Crippen LogP contribution in [0.3, 0.4) is 0 Å². The summed E-state index contributed by atoms with van der Waals surface area (Å²) in [5, 5.41) is 7.04. The Labute approximate surface area is 141 Å². The summed E-state index contributed by atoms with van der Waals surface area (Å²) in [7, 11) is 0. The molecule has 2 heterocycles. The van der Waals surface area contributed by atoms with Crippen molar-refractivity contribution in [3.63, 3.8) is 0 Å². The molecule has 2 aromatic rings. The van der Waals surface area contributed by atoms with Crippen LogP contribution in [-0.2, 0) is 11.3 Å². The maximum atomic E-state index is 12.1. The zero-order valence-corrected chi connectivity index (χ0v) is 13.7. The minimum atomic E-state index is -0.0684. The number of hydrogen-bond acceptors (Lipinski definition) is 4. The lowest BCUT2D eigenvalue weighted by Crippen LogP contribution is -2.25. The minimum absolute atomic E-state index is 0.0684. The molecule has 0 saturated carbocycles. The van der Waals surface area contributed by atoms with Gasteiger partial charge in [-0.25, -0.2) is 0 Å².